The van der Waals surface area contributed by atoms with E-state index in [9.17, 15) is 18.0 Å². The fraction of sp³-hybridized carbons (Fsp3) is 0.263. The summed E-state index contributed by atoms with van der Waals surface area (Å²) >= 11 is 0. The zero-order chi connectivity index (χ0) is 19.4. The Labute approximate surface area is 154 Å². The van der Waals surface area contributed by atoms with E-state index in [0.717, 1.165) is 42.7 Å². The molecule has 2 aromatic carbocycles. The van der Waals surface area contributed by atoms with Crippen LogP contribution in [0.25, 0.3) is 0 Å². The van der Waals surface area contributed by atoms with Crippen LogP contribution < -0.4 is 11.1 Å². The number of hydrogen-bond donors (Lipinski definition) is 2. The number of nitrogens with one attached hydrogen (secondary N) is 1. The molecule has 1 aliphatic rings. The van der Waals surface area contributed by atoms with Gasteiger partial charge in [0.25, 0.3) is 11.9 Å². The highest BCUT2D eigenvalue weighted by Gasteiger charge is 2.30. The summed E-state index contributed by atoms with van der Waals surface area (Å²) in [6.07, 6.45) is -2.83. The number of aliphatic imine (C=N–C) groups is 1. The fourth-order valence-electron chi connectivity index (χ4n) is 2.69. The highest BCUT2D eigenvalue weighted by atomic mass is 19.4. The van der Waals surface area contributed by atoms with Gasteiger partial charge < -0.3 is 15.8 Å². The molecule has 27 heavy (non-hydrogen) atoms. The van der Waals surface area contributed by atoms with Crippen molar-refractivity contribution in [2.24, 2.45) is 10.7 Å². The van der Waals surface area contributed by atoms with E-state index in [1.54, 1.807) is 12.1 Å². The van der Waals surface area contributed by atoms with Crippen LogP contribution in [0.15, 0.2) is 53.5 Å². The summed E-state index contributed by atoms with van der Waals surface area (Å²) in [5.41, 5.74) is 6.47. The lowest BCUT2D eigenvalue weighted by atomic mass is 10.1. The number of benzene rings is 2. The SMILES string of the molecule is NC1=NC(CCc2ccc(NC(=O)c3ccc(C(F)(F)F)cc3)cc2)CO1. The zero-order valence-corrected chi connectivity index (χ0v) is 14.3. The van der Waals surface area contributed by atoms with Crippen LogP contribution in [0.1, 0.15) is 27.9 Å². The minimum Gasteiger partial charge on any atom is -0.463 e. The Hall–Kier alpha value is -3.03. The Morgan fingerprint density at radius 1 is 1.15 bits per heavy atom. The minimum absolute atomic E-state index is 0.0593. The molecule has 0 saturated carbocycles. The molecular weight excluding hydrogens is 359 g/mol. The molecule has 3 rings (SSSR count). The summed E-state index contributed by atoms with van der Waals surface area (Å²) in [4.78, 5) is 16.3. The summed E-state index contributed by atoms with van der Waals surface area (Å²) in [6, 6.07) is 11.6. The summed E-state index contributed by atoms with van der Waals surface area (Å²) in [5, 5.41) is 2.67. The average Bonchev–Trinajstić information content (AvgIpc) is 3.06. The number of amidine groups is 1. The molecule has 5 nitrogen and oxygen atoms in total. The van der Waals surface area contributed by atoms with E-state index >= 15 is 0 Å². The topological polar surface area (TPSA) is 76.7 Å². The molecule has 3 N–H and O–H groups in total. The van der Waals surface area contributed by atoms with E-state index in [2.05, 4.69) is 10.3 Å². The average molecular weight is 377 g/mol. The fourth-order valence-corrected chi connectivity index (χ4v) is 2.69. The Morgan fingerprint density at radius 2 is 1.81 bits per heavy atom. The predicted molar refractivity (Wildman–Crippen MR) is 95.5 cm³/mol. The van der Waals surface area contributed by atoms with Gasteiger partial charge in [-0.25, -0.2) is 4.99 Å². The van der Waals surface area contributed by atoms with Crippen molar-refractivity contribution in [2.75, 3.05) is 11.9 Å². The van der Waals surface area contributed by atoms with Gasteiger partial charge in [0.2, 0.25) is 0 Å². The Balaban J connectivity index is 1.55. The number of alkyl halides is 3. The largest absolute Gasteiger partial charge is 0.463 e. The molecule has 1 atom stereocenters. The van der Waals surface area contributed by atoms with Gasteiger partial charge in [-0.05, 0) is 54.8 Å². The molecule has 8 heteroatoms. The Morgan fingerprint density at radius 3 is 2.37 bits per heavy atom. The number of carbonyl (C=O) groups is 1. The van der Waals surface area contributed by atoms with Crippen molar-refractivity contribution in [3.63, 3.8) is 0 Å². The number of hydrogen-bond acceptors (Lipinski definition) is 4. The highest BCUT2D eigenvalue weighted by Crippen LogP contribution is 2.29. The molecule has 1 aliphatic heterocycles. The van der Waals surface area contributed by atoms with Gasteiger partial charge in [0.15, 0.2) is 0 Å². The van der Waals surface area contributed by atoms with E-state index in [1.165, 1.54) is 0 Å². The molecule has 0 radical (unpaired) electrons. The van der Waals surface area contributed by atoms with Crippen LogP contribution in [0.5, 0.6) is 0 Å². The second-order valence-corrected chi connectivity index (χ2v) is 6.20. The lowest BCUT2D eigenvalue weighted by Crippen LogP contribution is -2.13. The van der Waals surface area contributed by atoms with Crippen molar-refractivity contribution in [1.29, 1.82) is 0 Å². The maximum absolute atomic E-state index is 12.6. The van der Waals surface area contributed by atoms with Crippen LogP contribution in [0.3, 0.4) is 0 Å². The third kappa shape index (κ3) is 4.99. The monoisotopic (exact) mass is 377 g/mol. The summed E-state index contributed by atoms with van der Waals surface area (Å²) in [5.74, 6) is -0.468. The van der Waals surface area contributed by atoms with Crippen molar-refractivity contribution >= 4 is 17.6 Å². The van der Waals surface area contributed by atoms with E-state index in [0.29, 0.717) is 12.3 Å². The van der Waals surface area contributed by atoms with Crippen LogP contribution in [0.2, 0.25) is 0 Å². The number of halogens is 3. The molecule has 1 amide bonds. The number of nitrogens with zero attached hydrogens (tertiary/aromatic N) is 1. The molecule has 0 spiro atoms. The minimum atomic E-state index is -4.42. The number of amides is 1. The molecule has 1 unspecified atom stereocenters. The summed E-state index contributed by atoms with van der Waals surface area (Å²) in [6.45, 7) is 0.493. The molecule has 0 fully saturated rings. The lowest BCUT2D eigenvalue weighted by molar-refractivity contribution is -0.137. The molecule has 0 aromatic heterocycles. The third-order valence-corrected chi connectivity index (χ3v) is 4.19. The lowest BCUT2D eigenvalue weighted by Gasteiger charge is -2.09. The molecular formula is C19H18F3N3O2. The Kier molecular flexibility index (Phi) is 5.34. The Bertz CT molecular complexity index is 831. The number of rotatable bonds is 5. The summed E-state index contributed by atoms with van der Waals surface area (Å²) in [7, 11) is 0. The molecule has 0 aliphatic carbocycles. The maximum Gasteiger partial charge on any atom is 0.416 e. The molecule has 0 bridgehead atoms. The first-order valence-electron chi connectivity index (χ1n) is 8.35. The number of ether oxygens (including phenoxy) is 1. The van der Waals surface area contributed by atoms with Gasteiger partial charge >= 0.3 is 6.18 Å². The van der Waals surface area contributed by atoms with Crippen molar-refractivity contribution in [3.05, 3.63) is 65.2 Å². The van der Waals surface area contributed by atoms with Crippen molar-refractivity contribution in [3.8, 4) is 0 Å². The second kappa shape index (κ2) is 7.69. The van der Waals surface area contributed by atoms with Gasteiger partial charge in [-0.15, -0.1) is 0 Å². The number of anilines is 1. The van der Waals surface area contributed by atoms with Gasteiger partial charge in [-0.3, -0.25) is 4.79 Å². The number of carbonyl (C=O) groups excluding carboxylic acids is 1. The van der Waals surface area contributed by atoms with E-state index in [4.69, 9.17) is 10.5 Å². The summed E-state index contributed by atoms with van der Waals surface area (Å²) < 4.78 is 42.8. The van der Waals surface area contributed by atoms with Gasteiger partial charge in [-0.2, -0.15) is 13.2 Å². The van der Waals surface area contributed by atoms with Crippen LogP contribution in [0.4, 0.5) is 18.9 Å². The van der Waals surface area contributed by atoms with Crippen LogP contribution in [0, 0.1) is 0 Å². The third-order valence-electron chi connectivity index (χ3n) is 4.19. The molecule has 142 valence electrons. The van der Waals surface area contributed by atoms with E-state index in [-0.39, 0.29) is 17.6 Å². The van der Waals surface area contributed by atoms with Crippen LogP contribution >= 0.6 is 0 Å². The number of aryl methyl sites for hydroxylation is 1. The second-order valence-electron chi connectivity index (χ2n) is 6.20. The van der Waals surface area contributed by atoms with Gasteiger partial charge in [0, 0.05) is 11.3 Å². The van der Waals surface area contributed by atoms with Gasteiger partial charge in [0.1, 0.15) is 6.61 Å². The normalized spacial score (nSPS) is 16.6. The smallest absolute Gasteiger partial charge is 0.416 e. The first-order chi connectivity index (χ1) is 12.8. The number of nitrogens with two attached hydrogens (primary N) is 1. The van der Waals surface area contributed by atoms with Crippen molar-refractivity contribution in [2.45, 2.75) is 25.1 Å². The maximum atomic E-state index is 12.6. The van der Waals surface area contributed by atoms with E-state index in [1.807, 2.05) is 12.1 Å². The quantitative estimate of drug-likeness (QED) is 0.836. The molecule has 2 aromatic rings. The molecule has 1 heterocycles. The van der Waals surface area contributed by atoms with Crippen LogP contribution in [-0.2, 0) is 17.3 Å². The molecule has 0 saturated heterocycles. The van der Waals surface area contributed by atoms with Crippen LogP contribution in [-0.4, -0.2) is 24.6 Å². The predicted octanol–water partition coefficient (Wildman–Crippen LogP) is 3.60. The first kappa shape index (κ1) is 18.8. The van der Waals surface area contributed by atoms with Crippen molar-refractivity contribution < 1.29 is 22.7 Å². The van der Waals surface area contributed by atoms with Crippen molar-refractivity contribution in [1.82, 2.24) is 0 Å². The van der Waals surface area contributed by atoms with E-state index < -0.39 is 17.6 Å². The van der Waals surface area contributed by atoms with Gasteiger partial charge in [-0.1, -0.05) is 12.1 Å². The first-order valence-corrected chi connectivity index (χ1v) is 8.35. The van der Waals surface area contributed by atoms with Gasteiger partial charge in [0.05, 0.1) is 11.6 Å². The highest BCUT2D eigenvalue weighted by molar-refractivity contribution is 6.04. The zero-order valence-electron chi connectivity index (χ0n) is 14.3. The standard InChI is InChI=1S/C19H18F3N3O2/c20-19(21,22)14-6-4-13(5-7-14)17(26)24-15-8-1-12(2-9-15)3-10-16-11-27-18(23)25-16/h1-2,4-9,16H,3,10-11H2,(H2,23,25)(H,24,26).